The van der Waals surface area contributed by atoms with Crippen LogP contribution >= 0.6 is 0 Å². The number of hydrogen-bond acceptors (Lipinski definition) is 3. The number of piperidine rings is 1. The molecule has 0 aromatic rings. The average molecular weight is 267 g/mol. The lowest BCUT2D eigenvalue weighted by atomic mass is 9.94. The van der Waals surface area contributed by atoms with E-state index in [1.54, 1.807) is 13.8 Å². The largest absolute Gasteiger partial charge is 0.325 e. The van der Waals surface area contributed by atoms with Crippen LogP contribution in [0.3, 0.4) is 0 Å². The molecule has 2 aliphatic heterocycles. The lowest BCUT2D eigenvalue weighted by Gasteiger charge is -2.32. The van der Waals surface area contributed by atoms with Crippen LogP contribution in [0, 0.1) is 5.92 Å². The molecule has 5 nitrogen and oxygen atoms in total. The molecule has 19 heavy (non-hydrogen) atoms. The average Bonchev–Trinajstić information content (AvgIpc) is 2.57. The highest BCUT2D eigenvalue weighted by Gasteiger charge is 2.43. The Morgan fingerprint density at radius 3 is 2.32 bits per heavy atom. The van der Waals surface area contributed by atoms with Crippen molar-refractivity contribution in [2.45, 2.75) is 45.6 Å². The molecule has 3 amide bonds. The summed E-state index contributed by atoms with van der Waals surface area (Å²) in [7, 11) is 0. The van der Waals surface area contributed by atoms with Crippen LogP contribution in [0.1, 0.15) is 40.0 Å². The second-order valence-electron chi connectivity index (χ2n) is 6.21. The van der Waals surface area contributed by atoms with Gasteiger partial charge in [-0.25, -0.2) is 4.79 Å². The summed E-state index contributed by atoms with van der Waals surface area (Å²) in [4.78, 5) is 27.5. The first-order chi connectivity index (χ1) is 8.94. The molecule has 0 atom stereocenters. The van der Waals surface area contributed by atoms with Gasteiger partial charge in [0.2, 0.25) is 0 Å². The Morgan fingerprint density at radius 1 is 1.21 bits per heavy atom. The maximum atomic E-state index is 12.0. The van der Waals surface area contributed by atoms with E-state index in [1.807, 2.05) is 0 Å². The van der Waals surface area contributed by atoms with E-state index in [1.165, 1.54) is 24.2 Å². The summed E-state index contributed by atoms with van der Waals surface area (Å²) in [6, 6.07) is -0.251. The molecule has 1 N–H and O–H groups in total. The van der Waals surface area contributed by atoms with Crippen molar-refractivity contribution in [3.63, 3.8) is 0 Å². The number of carbonyl (C=O) groups is 2. The van der Waals surface area contributed by atoms with Crippen LogP contribution in [0.25, 0.3) is 0 Å². The van der Waals surface area contributed by atoms with E-state index in [2.05, 4.69) is 17.1 Å². The van der Waals surface area contributed by atoms with Gasteiger partial charge in [-0.1, -0.05) is 13.3 Å². The van der Waals surface area contributed by atoms with Crippen molar-refractivity contribution in [1.82, 2.24) is 15.1 Å². The number of amides is 3. The summed E-state index contributed by atoms with van der Waals surface area (Å²) < 4.78 is 0. The van der Waals surface area contributed by atoms with E-state index in [0.717, 1.165) is 25.6 Å². The molecule has 2 fully saturated rings. The van der Waals surface area contributed by atoms with E-state index >= 15 is 0 Å². The highest BCUT2D eigenvalue weighted by molar-refractivity contribution is 6.06. The fourth-order valence-corrected chi connectivity index (χ4v) is 2.88. The molecule has 0 spiro atoms. The molecule has 0 bridgehead atoms. The smallest absolute Gasteiger partial charge is 0.324 e. The van der Waals surface area contributed by atoms with Gasteiger partial charge in [0.15, 0.2) is 0 Å². The molecular weight excluding hydrogens is 242 g/mol. The van der Waals surface area contributed by atoms with Crippen LogP contribution in [0.5, 0.6) is 0 Å². The van der Waals surface area contributed by atoms with Crippen molar-refractivity contribution < 1.29 is 9.59 Å². The van der Waals surface area contributed by atoms with Gasteiger partial charge in [-0.05, 0) is 45.7 Å². The fourth-order valence-electron chi connectivity index (χ4n) is 2.88. The molecule has 5 heteroatoms. The number of rotatable bonds is 4. The van der Waals surface area contributed by atoms with Gasteiger partial charge in [-0.3, -0.25) is 9.69 Å². The number of likely N-dealkylation sites (tertiary alicyclic amines) is 1. The van der Waals surface area contributed by atoms with Crippen molar-refractivity contribution in [3.05, 3.63) is 0 Å². The summed E-state index contributed by atoms with van der Waals surface area (Å²) in [5, 5.41) is 2.72. The van der Waals surface area contributed by atoms with Crippen LogP contribution in [0.2, 0.25) is 0 Å². The Bertz CT molecular complexity index is 360. The third-order valence-electron chi connectivity index (χ3n) is 4.37. The predicted octanol–water partition coefficient (Wildman–Crippen LogP) is 1.44. The van der Waals surface area contributed by atoms with Gasteiger partial charge in [0, 0.05) is 13.1 Å². The lowest BCUT2D eigenvalue weighted by Crippen LogP contribution is -2.43. The van der Waals surface area contributed by atoms with E-state index in [4.69, 9.17) is 0 Å². The van der Waals surface area contributed by atoms with Gasteiger partial charge < -0.3 is 10.2 Å². The summed E-state index contributed by atoms with van der Waals surface area (Å²) in [5.74, 6) is 0.743. The van der Waals surface area contributed by atoms with Crippen LogP contribution < -0.4 is 5.32 Å². The van der Waals surface area contributed by atoms with Crippen LogP contribution in [-0.2, 0) is 4.79 Å². The predicted molar refractivity (Wildman–Crippen MR) is 73.8 cm³/mol. The molecule has 0 aromatic heterocycles. The Morgan fingerprint density at radius 2 is 1.84 bits per heavy atom. The maximum absolute atomic E-state index is 12.0. The highest BCUT2D eigenvalue weighted by Crippen LogP contribution is 2.20. The Hall–Kier alpha value is -1.10. The van der Waals surface area contributed by atoms with Gasteiger partial charge in [-0.15, -0.1) is 0 Å². The van der Waals surface area contributed by atoms with Crippen molar-refractivity contribution in [3.8, 4) is 0 Å². The van der Waals surface area contributed by atoms with E-state index in [-0.39, 0.29) is 11.9 Å². The Labute approximate surface area is 115 Å². The number of nitrogens with zero attached hydrogens (tertiary/aromatic N) is 2. The van der Waals surface area contributed by atoms with Crippen molar-refractivity contribution in [2.75, 3.05) is 26.2 Å². The molecule has 0 unspecified atom stereocenters. The van der Waals surface area contributed by atoms with Crippen molar-refractivity contribution in [2.24, 2.45) is 5.92 Å². The SMILES string of the molecule is CCC1CCN(CCN2C(=O)NC(C)(C)C2=O)CC1. The van der Waals surface area contributed by atoms with Gasteiger partial charge in [-0.2, -0.15) is 0 Å². The molecule has 0 saturated carbocycles. The summed E-state index contributed by atoms with van der Waals surface area (Å²) >= 11 is 0. The van der Waals surface area contributed by atoms with Crippen LogP contribution in [0.4, 0.5) is 4.79 Å². The van der Waals surface area contributed by atoms with Crippen LogP contribution in [0.15, 0.2) is 0 Å². The molecule has 2 saturated heterocycles. The molecule has 0 aromatic carbocycles. The first kappa shape index (κ1) is 14.3. The number of hydrogen-bond donors (Lipinski definition) is 1. The third-order valence-corrected chi connectivity index (χ3v) is 4.37. The van der Waals surface area contributed by atoms with E-state index in [9.17, 15) is 9.59 Å². The second kappa shape index (κ2) is 5.49. The van der Waals surface area contributed by atoms with Gasteiger partial charge in [0.05, 0.1) is 0 Å². The number of carbonyl (C=O) groups excluding carboxylic acids is 2. The third kappa shape index (κ3) is 3.08. The zero-order valence-electron chi connectivity index (χ0n) is 12.2. The first-order valence-corrected chi connectivity index (χ1v) is 7.30. The molecule has 2 rings (SSSR count). The molecule has 0 aliphatic carbocycles. The highest BCUT2D eigenvalue weighted by atomic mass is 16.2. The van der Waals surface area contributed by atoms with Gasteiger partial charge in [0.25, 0.3) is 5.91 Å². The number of nitrogens with one attached hydrogen (secondary N) is 1. The molecular formula is C14H25N3O2. The monoisotopic (exact) mass is 267 g/mol. The van der Waals surface area contributed by atoms with Crippen molar-refractivity contribution >= 4 is 11.9 Å². The van der Waals surface area contributed by atoms with E-state index in [0.29, 0.717) is 6.54 Å². The van der Waals surface area contributed by atoms with Gasteiger partial charge >= 0.3 is 6.03 Å². The second-order valence-corrected chi connectivity index (χ2v) is 6.21. The quantitative estimate of drug-likeness (QED) is 0.784. The Balaban J connectivity index is 1.80. The standard InChI is InChI=1S/C14H25N3O2/c1-4-11-5-7-16(8-6-11)9-10-17-12(18)14(2,3)15-13(17)19/h11H,4-10H2,1-3H3,(H,15,19). The number of imide groups is 1. The zero-order chi connectivity index (χ0) is 14.0. The van der Waals surface area contributed by atoms with Crippen molar-refractivity contribution in [1.29, 1.82) is 0 Å². The summed E-state index contributed by atoms with van der Waals surface area (Å²) in [6.45, 7) is 9.23. The zero-order valence-corrected chi connectivity index (χ0v) is 12.2. The summed E-state index contributed by atoms with van der Waals surface area (Å²) in [6.07, 6.45) is 3.74. The molecule has 0 radical (unpaired) electrons. The normalized spacial score (nSPS) is 24.9. The summed E-state index contributed by atoms with van der Waals surface area (Å²) in [5.41, 5.74) is -0.744. The lowest BCUT2D eigenvalue weighted by molar-refractivity contribution is -0.130. The Kier molecular flexibility index (Phi) is 4.13. The van der Waals surface area contributed by atoms with E-state index < -0.39 is 5.54 Å². The van der Waals surface area contributed by atoms with Crippen LogP contribution in [-0.4, -0.2) is 53.5 Å². The maximum Gasteiger partial charge on any atom is 0.325 e. The minimum absolute atomic E-state index is 0.110. The fraction of sp³-hybridized carbons (Fsp3) is 0.857. The first-order valence-electron chi connectivity index (χ1n) is 7.30. The van der Waals surface area contributed by atoms with Gasteiger partial charge in [0.1, 0.15) is 5.54 Å². The molecule has 2 heterocycles. The molecule has 2 aliphatic rings. The minimum Gasteiger partial charge on any atom is -0.324 e. The molecule has 108 valence electrons. The number of urea groups is 1. The topological polar surface area (TPSA) is 52.6 Å². The minimum atomic E-state index is -0.744.